The maximum absolute atomic E-state index is 13.3. The van der Waals surface area contributed by atoms with Gasteiger partial charge in [0.15, 0.2) is 48.0 Å². The summed E-state index contributed by atoms with van der Waals surface area (Å²) in [6, 6.07) is 7.75. The lowest BCUT2D eigenvalue weighted by atomic mass is 9.96. The standard InChI is InChI=1S/C35H46O20/c1-14-24(42)26(44)29(47)35(51-14)55-32-30(48)34(49-9-8-16-3-6-18(38)20(40)11-16)53-22(13-50-33-28(46)27(45)25(43)21(12-36)52-33)31(32)54-23(41)7-4-15-2-5-17(37)19(39)10-15/h2-7,10-11,14,21-22,24-40,42-48H,8-9,12-13H2,1H3/b7-4+/t14-,21-,22-,24+,25-,26+,27+,28-,29-,30-,31-,32-,33-,34-,35+/m1/s1. The first-order chi connectivity index (χ1) is 26.1. The van der Waals surface area contributed by atoms with Crippen LogP contribution in [-0.2, 0) is 44.4 Å². The number of benzene rings is 2. The van der Waals surface area contributed by atoms with Crippen molar-refractivity contribution in [3.8, 4) is 23.0 Å². The molecule has 3 heterocycles. The smallest absolute Gasteiger partial charge is 0.331 e. The van der Waals surface area contributed by atoms with Gasteiger partial charge in [0.05, 0.1) is 25.9 Å². The molecule has 5 rings (SSSR count). The Morgan fingerprint density at radius 1 is 0.673 bits per heavy atom. The van der Waals surface area contributed by atoms with Crippen molar-refractivity contribution in [2.75, 3.05) is 19.8 Å². The van der Waals surface area contributed by atoms with Gasteiger partial charge in [-0.1, -0.05) is 12.1 Å². The van der Waals surface area contributed by atoms with E-state index in [9.17, 15) is 66.1 Å². The summed E-state index contributed by atoms with van der Waals surface area (Å²) in [6.45, 7) is -0.254. The van der Waals surface area contributed by atoms with Gasteiger partial charge >= 0.3 is 5.97 Å². The maximum atomic E-state index is 13.3. The minimum atomic E-state index is -1.88. The molecule has 15 atom stereocenters. The van der Waals surface area contributed by atoms with Crippen molar-refractivity contribution in [2.45, 2.75) is 105 Å². The minimum Gasteiger partial charge on any atom is -0.504 e. The third kappa shape index (κ3) is 10.0. The molecule has 306 valence electrons. The van der Waals surface area contributed by atoms with Crippen LogP contribution >= 0.6 is 0 Å². The van der Waals surface area contributed by atoms with Crippen molar-refractivity contribution in [3.05, 3.63) is 53.6 Å². The predicted octanol–water partition coefficient (Wildman–Crippen LogP) is -3.19. The molecule has 0 bridgehead atoms. The lowest BCUT2D eigenvalue weighted by Crippen LogP contribution is -2.65. The normalized spacial score (nSPS) is 36.9. The van der Waals surface area contributed by atoms with Crippen LogP contribution in [0.2, 0.25) is 0 Å². The fraction of sp³-hybridized carbons (Fsp3) is 0.571. The Kier molecular flexibility index (Phi) is 14.3. The third-order valence-corrected chi connectivity index (χ3v) is 9.36. The van der Waals surface area contributed by atoms with Gasteiger partial charge in [0.25, 0.3) is 0 Å². The Labute approximate surface area is 313 Å². The monoisotopic (exact) mass is 786 g/mol. The SMILES string of the molecule is C[C@H]1O[C@@H](O[C@@H]2[C@@H](O)[C@H](OCCc3ccc(O)c(O)c3)O[C@H](CO[C@@H]3O[C@H](CO)[C@@H](O)[C@H](O)[C@H]3O)[C@H]2OC(=O)/C=C/c2ccc(O)c(O)c2)[C@H](O)[C@@H](O)[C@H]1O. The van der Waals surface area contributed by atoms with E-state index in [1.807, 2.05) is 0 Å². The molecule has 0 radical (unpaired) electrons. The van der Waals surface area contributed by atoms with Gasteiger partial charge in [0, 0.05) is 6.08 Å². The highest BCUT2D eigenvalue weighted by Gasteiger charge is 2.53. The van der Waals surface area contributed by atoms with E-state index in [4.69, 9.17) is 33.2 Å². The van der Waals surface area contributed by atoms with E-state index in [2.05, 4.69) is 0 Å². The van der Waals surface area contributed by atoms with E-state index in [-0.39, 0.29) is 30.1 Å². The van der Waals surface area contributed by atoms with Gasteiger partial charge in [-0.05, 0) is 54.8 Å². The maximum Gasteiger partial charge on any atom is 0.331 e. The fourth-order valence-electron chi connectivity index (χ4n) is 6.14. The summed E-state index contributed by atoms with van der Waals surface area (Å²) in [5.41, 5.74) is 0.773. The van der Waals surface area contributed by atoms with Crippen molar-refractivity contribution in [3.63, 3.8) is 0 Å². The predicted molar refractivity (Wildman–Crippen MR) is 180 cm³/mol. The zero-order valence-electron chi connectivity index (χ0n) is 29.2. The minimum absolute atomic E-state index is 0.111. The summed E-state index contributed by atoms with van der Waals surface area (Å²) in [7, 11) is 0. The first-order valence-electron chi connectivity index (χ1n) is 17.2. The molecule has 2 aromatic rings. The summed E-state index contributed by atoms with van der Waals surface area (Å²) in [5.74, 6) is -2.71. The van der Waals surface area contributed by atoms with Crippen molar-refractivity contribution >= 4 is 12.0 Å². The Morgan fingerprint density at radius 3 is 1.96 bits per heavy atom. The lowest BCUT2D eigenvalue weighted by molar-refractivity contribution is -0.364. The summed E-state index contributed by atoms with van der Waals surface area (Å²) < 4.78 is 40.2. The molecule has 20 heteroatoms. The highest BCUT2D eigenvalue weighted by atomic mass is 16.8. The first-order valence-corrected chi connectivity index (χ1v) is 17.2. The second kappa shape index (κ2) is 18.5. The Balaban J connectivity index is 1.43. The van der Waals surface area contributed by atoms with Gasteiger partial charge in [-0.2, -0.15) is 0 Å². The number of ether oxygens (including phenoxy) is 7. The van der Waals surface area contributed by atoms with Gasteiger partial charge in [-0.15, -0.1) is 0 Å². The Morgan fingerprint density at radius 2 is 1.29 bits per heavy atom. The topological polar surface area (TPSA) is 324 Å². The van der Waals surface area contributed by atoms with Gasteiger partial charge in [0.1, 0.15) is 61.0 Å². The highest BCUT2D eigenvalue weighted by molar-refractivity contribution is 5.87. The molecule has 55 heavy (non-hydrogen) atoms. The second-order valence-electron chi connectivity index (χ2n) is 13.3. The molecular formula is C35H46O20. The van der Waals surface area contributed by atoms with Gasteiger partial charge < -0.3 is 94.4 Å². The van der Waals surface area contributed by atoms with E-state index >= 15 is 0 Å². The van der Waals surface area contributed by atoms with Crippen molar-refractivity contribution < 1.29 is 99.2 Å². The molecule has 3 fully saturated rings. The van der Waals surface area contributed by atoms with E-state index < -0.39 is 123 Å². The van der Waals surface area contributed by atoms with Crippen LogP contribution in [0.15, 0.2) is 42.5 Å². The van der Waals surface area contributed by atoms with Crippen molar-refractivity contribution in [2.24, 2.45) is 0 Å². The van der Waals surface area contributed by atoms with Crippen LogP contribution in [-0.4, -0.2) is 179 Å². The number of phenols is 4. The van der Waals surface area contributed by atoms with Crippen LogP contribution in [0.25, 0.3) is 6.08 Å². The molecule has 0 saturated carbocycles. The van der Waals surface area contributed by atoms with E-state index in [0.717, 1.165) is 12.1 Å². The quantitative estimate of drug-likeness (QED) is 0.0541. The Hall–Kier alpha value is -3.71. The van der Waals surface area contributed by atoms with Gasteiger partial charge in [-0.25, -0.2) is 4.79 Å². The van der Waals surface area contributed by atoms with Crippen LogP contribution in [0.1, 0.15) is 18.1 Å². The number of esters is 1. The molecule has 0 amide bonds. The zero-order valence-corrected chi connectivity index (χ0v) is 29.2. The molecule has 20 nitrogen and oxygen atoms in total. The van der Waals surface area contributed by atoms with Gasteiger partial charge in [-0.3, -0.25) is 0 Å². The average molecular weight is 787 g/mol. The number of carbonyl (C=O) groups excluding carboxylic acids is 1. The molecule has 0 aliphatic carbocycles. The number of hydrogen-bond donors (Lipinski definition) is 12. The molecule has 3 aliphatic rings. The molecule has 0 spiro atoms. The molecule has 3 aliphatic heterocycles. The van der Waals surface area contributed by atoms with Crippen LogP contribution in [0.5, 0.6) is 23.0 Å². The first kappa shape index (κ1) is 42.4. The fourth-order valence-corrected chi connectivity index (χ4v) is 6.14. The Bertz CT molecular complexity index is 1610. The summed E-state index contributed by atoms with van der Waals surface area (Å²) in [6.07, 6.45) is -22.6. The summed E-state index contributed by atoms with van der Waals surface area (Å²) >= 11 is 0. The van der Waals surface area contributed by atoms with Crippen LogP contribution in [0.4, 0.5) is 0 Å². The van der Waals surface area contributed by atoms with Crippen LogP contribution in [0.3, 0.4) is 0 Å². The number of phenolic OH excluding ortho intramolecular Hbond substituents is 4. The number of carbonyl (C=O) groups is 1. The number of aliphatic hydroxyl groups excluding tert-OH is 8. The van der Waals surface area contributed by atoms with Crippen LogP contribution in [0, 0.1) is 0 Å². The van der Waals surface area contributed by atoms with Gasteiger partial charge in [0.2, 0.25) is 0 Å². The number of hydrogen-bond acceptors (Lipinski definition) is 20. The summed E-state index contributed by atoms with van der Waals surface area (Å²) in [5, 5.41) is 123. The molecular weight excluding hydrogens is 740 g/mol. The third-order valence-electron chi connectivity index (χ3n) is 9.36. The molecule has 12 N–H and O–H groups in total. The lowest BCUT2D eigenvalue weighted by Gasteiger charge is -2.47. The van der Waals surface area contributed by atoms with E-state index in [1.165, 1.54) is 43.3 Å². The second-order valence-corrected chi connectivity index (χ2v) is 13.3. The summed E-state index contributed by atoms with van der Waals surface area (Å²) in [4.78, 5) is 13.3. The number of rotatable bonds is 13. The number of aliphatic hydroxyl groups is 8. The molecule has 3 saturated heterocycles. The number of aromatic hydroxyl groups is 4. The van der Waals surface area contributed by atoms with Crippen molar-refractivity contribution in [1.82, 2.24) is 0 Å². The van der Waals surface area contributed by atoms with E-state index in [0.29, 0.717) is 5.56 Å². The largest absolute Gasteiger partial charge is 0.504 e. The highest BCUT2D eigenvalue weighted by Crippen LogP contribution is 2.33. The average Bonchev–Trinajstić information content (AvgIpc) is 3.16. The van der Waals surface area contributed by atoms with E-state index in [1.54, 1.807) is 0 Å². The molecule has 2 aromatic carbocycles. The van der Waals surface area contributed by atoms with Crippen LogP contribution < -0.4 is 0 Å². The molecule has 0 aromatic heterocycles. The van der Waals surface area contributed by atoms with Crippen molar-refractivity contribution in [1.29, 1.82) is 0 Å². The zero-order chi connectivity index (χ0) is 40.1. The molecule has 0 unspecified atom stereocenters.